The maximum atomic E-state index is 12.9. The molecule has 0 aliphatic rings. The number of ether oxygens (including phenoxy) is 4. The van der Waals surface area contributed by atoms with Gasteiger partial charge in [0.2, 0.25) is 0 Å². The van der Waals surface area contributed by atoms with Gasteiger partial charge in [0.15, 0.2) is 0 Å². The van der Waals surface area contributed by atoms with E-state index >= 15 is 0 Å². The second-order valence-corrected chi connectivity index (χ2v) is 40.2. The average molecular weight is 1870 g/mol. The van der Waals surface area contributed by atoms with Gasteiger partial charge in [-0.25, -0.2) is 36.0 Å². The Morgan fingerprint density at radius 2 is 0.333 bits per heavy atom. The number of hydrogen-bond donors (Lipinski definition) is 0. The molecule has 0 aliphatic carbocycles. The molecule has 14 nitrogen and oxygen atoms in total. The van der Waals surface area contributed by atoms with Crippen LogP contribution < -0.4 is 0 Å². The molecule has 0 radical (unpaired) electrons. The zero-order valence-electron chi connectivity index (χ0n) is 83.7. The molecule has 2 rings (SSSR count). The molecule has 0 heterocycles. The first-order valence-corrected chi connectivity index (χ1v) is 57.1. The number of carbonyl (C=O) groups excluding carboxylic acids is 4. The van der Waals surface area contributed by atoms with Crippen molar-refractivity contribution in [2.24, 2.45) is 0 Å². The standard InChI is InChI=1S/2C56H98O7S.Ca/c2*1-3-5-7-9-11-13-15-17-19-21-23-25-27-29-31-33-35-37-39-41-43-45-49-62-55(57)53-48-47-52(64(59,60)61)51-54(53)56(58)63-50-46-44-42-40-38-36-34-32-30-28-26-24-22-20-18-16-14-12-10-8-6-4-2;/h2*45-51H,3-44H2,1-2H3,(H,59,60,61);/q;;+2/p-2/b2*49-45+,50-46+;. The molecule has 0 atom stereocenters. The Balaban J connectivity index is 0.00000252. The third-order valence-electron chi connectivity index (χ3n) is 25.4. The summed E-state index contributed by atoms with van der Waals surface area (Å²) < 4.78 is 91.2. The number of rotatable bonds is 94. The summed E-state index contributed by atoms with van der Waals surface area (Å²) in [5, 5.41) is 0. The molecular weight excluding hydrogens is 1670 g/mol. The van der Waals surface area contributed by atoms with E-state index in [-0.39, 0.29) is 60.0 Å². The summed E-state index contributed by atoms with van der Waals surface area (Å²) in [4.78, 5) is 50.5. The van der Waals surface area contributed by atoms with E-state index < -0.39 is 53.9 Å². The average Bonchev–Trinajstić information content (AvgIpc) is 0.812. The van der Waals surface area contributed by atoms with Gasteiger partial charge in [-0.2, -0.15) is 0 Å². The van der Waals surface area contributed by atoms with Crippen LogP contribution in [0.15, 0.2) is 95.5 Å². The second kappa shape index (κ2) is 96.1. The molecule has 0 spiro atoms. The normalized spacial score (nSPS) is 11.8. The van der Waals surface area contributed by atoms with Crippen LogP contribution in [0.4, 0.5) is 0 Å². The largest absolute Gasteiger partial charge is 2.00 e. The maximum Gasteiger partial charge on any atom is 2.00 e. The Morgan fingerprint density at radius 1 is 0.209 bits per heavy atom. The minimum Gasteiger partial charge on any atom is -0.744 e. The SMILES string of the molecule is CCCCCCCCCCCCCCCCCCCCCC/C=C/OC(=O)c1ccc(S(=O)(=O)[O-])cc1C(=O)O/C=C/CCCCCCCCCCCCCCCCCCCCCC.CCCCCCCCCCCCCCCCCCCCCC/C=C/OC(=O)c1ccc(S(=O)(=O)[O-])cc1C(=O)O/C=C/CCCCCCCCCCCCCCCCCCCCCC.[Ca+2]. The fourth-order valence-corrected chi connectivity index (χ4v) is 18.1. The van der Waals surface area contributed by atoms with Gasteiger partial charge in [-0.15, -0.1) is 0 Å². The fraction of sp³-hybridized carbons (Fsp3) is 0.786. The Bertz CT molecular complexity index is 3020. The molecule has 2 aromatic carbocycles. The molecule has 0 aromatic heterocycles. The van der Waals surface area contributed by atoms with Crippen molar-refractivity contribution < 1.29 is 64.1 Å². The van der Waals surface area contributed by atoms with E-state index in [2.05, 4.69) is 27.7 Å². The van der Waals surface area contributed by atoms with E-state index in [4.69, 9.17) is 18.9 Å². The van der Waals surface area contributed by atoms with E-state index in [9.17, 15) is 45.1 Å². The number of benzene rings is 2. The predicted octanol–water partition coefficient (Wildman–Crippen LogP) is 36.3. The van der Waals surface area contributed by atoms with Gasteiger partial charge in [0.25, 0.3) is 0 Å². The van der Waals surface area contributed by atoms with E-state index in [0.29, 0.717) is 0 Å². The molecule has 740 valence electrons. The van der Waals surface area contributed by atoms with Gasteiger partial charge in [0, 0.05) is 0 Å². The predicted molar refractivity (Wildman–Crippen MR) is 543 cm³/mol. The molecule has 0 aliphatic heterocycles. The van der Waals surface area contributed by atoms with Crippen LogP contribution in [0.5, 0.6) is 0 Å². The summed E-state index contributed by atoms with van der Waals surface area (Å²) in [6.45, 7) is 9.11. The van der Waals surface area contributed by atoms with Gasteiger partial charge in [-0.3, -0.25) is 0 Å². The number of allylic oxidation sites excluding steroid dienone is 4. The van der Waals surface area contributed by atoms with Crippen molar-refractivity contribution in [3.63, 3.8) is 0 Å². The topological polar surface area (TPSA) is 220 Å². The molecule has 2 aromatic rings. The smallest absolute Gasteiger partial charge is 0.744 e. The van der Waals surface area contributed by atoms with Gasteiger partial charge in [-0.05, 0) is 112 Å². The van der Waals surface area contributed by atoms with Crippen LogP contribution in [0.2, 0.25) is 0 Å². The molecule has 0 unspecified atom stereocenters. The van der Waals surface area contributed by atoms with Crippen LogP contribution in [0, 0.1) is 0 Å². The van der Waals surface area contributed by atoms with Gasteiger partial charge >= 0.3 is 61.6 Å². The summed E-state index contributed by atoms with van der Waals surface area (Å²) in [6.07, 6.45) is 122. The zero-order valence-corrected chi connectivity index (χ0v) is 87.6. The van der Waals surface area contributed by atoms with Crippen molar-refractivity contribution in [1.82, 2.24) is 0 Å². The Kier molecular flexibility index (Phi) is 93.3. The van der Waals surface area contributed by atoms with E-state index in [0.717, 1.165) is 113 Å². The fourth-order valence-electron chi connectivity index (χ4n) is 17.1. The molecule has 129 heavy (non-hydrogen) atoms. The number of unbranched alkanes of at least 4 members (excludes halogenated alkanes) is 80. The maximum absolute atomic E-state index is 12.9. The minimum atomic E-state index is -4.85. The van der Waals surface area contributed by atoms with Crippen molar-refractivity contribution in [1.29, 1.82) is 0 Å². The zero-order chi connectivity index (χ0) is 92.9. The van der Waals surface area contributed by atoms with Crippen molar-refractivity contribution in [3.05, 3.63) is 108 Å². The van der Waals surface area contributed by atoms with Crippen molar-refractivity contribution >= 4 is 81.9 Å². The van der Waals surface area contributed by atoms with Crippen LogP contribution in [0.1, 0.15) is 608 Å². The van der Waals surface area contributed by atoms with E-state index in [1.807, 2.05) is 0 Å². The van der Waals surface area contributed by atoms with Crippen molar-refractivity contribution in [2.45, 2.75) is 577 Å². The summed E-state index contributed by atoms with van der Waals surface area (Å²) >= 11 is 0. The number of hydrogen-bond acceptors (Lipinski definition) is 14. The minimum absolute atomic E-state index is 0. The Hall–Kier alpha value is -3.64. The first-order chi connectivity index (χ1) is 62.6. The molecular formula is C112H194CaO14S2. The summed E-state index contributed by atoms with van der Waals surface area (Å²) in [5.74, 6) is -3.50. The monoisotopic (exact) mass is 1870 g/mol. The second-order valence-electron chi connectivity index (χ2n) is 37.5. The van der Waals surface area contributed by atoms with Gasteiger partial charge in [0.1, 0.15) is 20.2 Å². The Labute approximate surface area is 824 Å². The third-order valence-corrected chi connectivity index (χ3v) is 27.1. The summed E-state index contributed by atoms with van der Waals surface area (Å²) in [6, 6.07) is 6.04. The van der Waals surface area contributed by atoms with Crippen molar-refractivity contribution in [2.75, 3.05) is 0 Å². The van der Waals surface area contributed by atoms with Gasteiger partial charge < -0.3 is 28.1 Å². The Morgan fingerprint density at radius 3 is 0.465 bits per heavy atom. The molecule has 0 saturated carbocycles. The van der Waals surface area contributed by atoms with E-state index in [1.54, 1.807) is 24.3 Å². The number of carbonyl (C=O) groups is 4. The third kappa shape index (κ3) is 82.4. The molecule has 0 fully saturated rings. The quantitative estimate of drug-likeness (QED) is 0.0150. The van der Waals surface area contributed by atoms with Gasteiger partial charge in [0.05, 0.1) is 57.1 Å². The molecule has 0 N–H and O–H groups in total. The first-order valence-electron chi connectivity index (χ1n) is 54.3. The van der Waals surface area contributed by atoms with Crippen LogP contribution in [-0.2, 0) is 39.2 Å². The van der Waals surface area contributed by atoms with Crippen LogP contribution in [0.25, 0.3) is 0 Å². The van der Waals surface area contributed by atoms with Crippen LogP contribution >= 0.6 is 0 Å². The number of esters is 4. The van der Waals surface area contributed by atoms with Gasteiger partial charge in [-0.1, -0.05) is 516 Å². The molecule has 17 heteroatoms. The summed E-state index contributed by atoms with van der Waals surface area (Å²) in [5.41, 5.74) is -0.979. The molecule has 0 saturated heterocycles. The molecule has 0 bridgehead atoms. The van der Waals surface area contributed by atoms with Crippen LogP contribution in [0.3, 0.4) is 0 Å². The van der Waals surface area contributed by atoms with Crippen LogP contribution in [-0.4, -0.2) is 87.6 Å². The van der Waals surface area contributed by atoms with E-state index in [1.165, 1.54) is 487 Å². The van der Waals surface area contributed by atoms with Crippen molar-refractivity contribution in [3.8, 4) is 0 Å². The molecule has 0 amide bonds. The summed E-state index contributed by atoms with van der Waals surface area (Å²) in [7, 11) is -9.70. The first kappa shape index (κ1) is 125.